The first-order valence-electron chi connectivity index (χ1n) is 12.9. The van der Waals surface area contributed by atoms with Crippen molar-refractivity contribution in [2.24, 2.45) is 0 Å². The first kappa shape index (κ1) is 21.0. The molecular weight excluding hydrogens is 462 g/mol. The van der Waals surface area contributed by atoms with E-state index in [-0.39, 0.29) is 0 Å². The Labute approximate surface area is 219 Å². The van der Waals surface area contributed by atoms with Gasteiger partial charge >= 0.3 is 0 Å². The minimum atomic E-state index is 0.974. The maximum atomic E-state index is 4.85. The van der Waals surface area contributed by atoms with Gasteiger partial charge in [-0.05, 0) is 48.5 Å². The van der Waals surface area contributed by atoms with Crippen LogP contribution in [-0.2, 0) is 0 Å². The van der Waals surface area contributed by atoms with Gasteiger partial charge in [-0.15, -0.1) is 0 Å². The molecule has 0 spiro atoms. The molecule has 0 N–H and O–H groups in total. The van der Waals surface area contributed by atoms with E-state index in [1.807, 2.05) is 12.3 Å². The van der Waals surface area contributed by atoms with E-state index in [0.29, 0.717) is 0 Å². The lowest BCUT2D eigenvalue weighted by Gasteiger charge is -2.10. The van der Waals surface area contributed by atoms with Gasteiger partial charge in [-0.25, -0.2) is 0 Å². The number of benzene rings is 5. The molecule has 0 aliphatic heterocycles. The van der Waals surface area contributed by atoms with Gasteiger partial charge in [0.2, 0.25) is 0 Å². The molecule has 8 rings (SSSR count). The largest absolute Gasteiger partial charge is 0.309 e. The molecule has 0 amide bonds. The third-order valence-electron chi connectivity index (χ3n) is 7.56. The fourth-order valence-corrected chi connectivity index (χ4v) is 5.86. The smallest absolute Gasteiger partial charge is 0.0703 e. The van der Waals surface area contributed by atoms with E-state index in [1.165, 1.54) is 43.6 Å². The van der Waals surface area contributed by atoms with Gasteiger partial charge in [-0.2, -0.15) is 0 Å². The molecule has 38 heavy (non-hydrogen) atoms. The molecule has 0 aliphatic rings. The third-order valence-corrected chi connectivity index (χ3v) is 7.56. The Bertz CT molecular complexity index is 2100. The van der Waals surface area contributed by atoms with Gasteiger partial charge in [0.25, 0.3) is 0 Å². The maximum absolute atomic E-state index is 4.85. The van der Waals surface area contributed by atoms with Crippen molar-refractivity contribution in [1.29, 1.82) is 0 Å². The summed E-state index contributed by atoms with van der Waals surface area (Å²) in [5, 5.41) is 5.01. The van der Waals surface area contributed by atoms with E-state index >= 15 is 0 Å². The number of para-hydroxylation sites is 3. The van der Waals surface area contributed by atoms with Crippen LogP contribution < -0.4 is 0 Å². The molecule has 3 heterocycles. The molecule has 3 aromatic heterocycles. The third kappa shape index (κ3) is 3.06. The lowest BCUT2D eigenvalue weighted by atomic mass is 10.1. The second kappa shape index (κ2) is 8.19. The quantitative estimate of drug-likeness (QED) is 0.245. The van der Waals surface area contributed by atoms with Gasteiger partial charge in [-0.1, -0.05) is 84.9 Å². The molecule has 8 aromatic rings. The highest BCUT2D eigenvalue weighted by Crippen LogP contribution is 2.39. The van der Waals surface area contributed by atoms with Gasteiger partial charge in [0, 0.05) is 32.8 Å². The summed E-state index contributed by atoms with van der Waals surface area (Å²) in [6.45, 7) is 0. The van der Waals surface area contributed by atoms with Gasteiger partial charge in [-0.3, -0.25) is 4.98 Å². The van der Waals surface area contributed by atoms with Crippen molar-refractivity contribution in [3.8, 4) is 22.6 Å². The van der Waals surface area contributed by atoms with E-state index in [1.54, 1.807) is 0 Å². The number of hydrogen-bond acceptors (Lipinski definition) is 1. The van der Waals surface area contributed by atoms with E-state index < -0.39 is 0 Å². The predicted molar refractivity (Wildman–Crippen MR) is 158 cm³/mol. The predicted octanol–water partition coefficient (Wildman–Crippen LogP) is 8.94. The zero-order valence-corrected chi connectivity index (χ0v) is 20.6. The van der Waals surface area contributed by atoms with Gasteiger partial charge in [0.1, 0.15) is 0 Å². The van der Waals surface area contributed by atoms with Gasteiger partial charge in [0.15, 0.2) is 0 Å². The molecule has 0 atom stereocenters. The highest BCUT2D eigenvalue weighted by atomic mass is 15.0. The van der Waals surface area contributed by atoms with Crippen LogP contribution in [0.4, 0.5) is 0 Å². The molecule has 0 saturated carbocycles. The zero-order chi connectivity index (χ0) is 25.1. The minimum Gasteiger partial charge on any atom is -0.309 e. The first-order chi connectivity index (χ1) is 18.9. The van der Waals surface area contributed by atoms with Crippen molar-refractivity contribution in [2.75, 3.05) is 0 Å². The number of fused-ring (bicyclic) bond motifs is 6. The van der Waals surface area contributed by atoms with Crippen molar-refractivity contribution in [3.05, 3.63) is 140 Å². The summed E-state index contributed by atoms with van der Waals surface area (Å²) in [6.07, 6.45) is 1.99. The zero-order valence-electron chi connectivity index (χ0n) is 20.6. The Balaban J connectivity index is 1.45. The van der Waals surface area contributed by atoms with Crippen molar-refractivity contribution in [1.82, 2.24) is 14.1 Å². The molecule has 3 heteroatoms. The Morgan fingerprint density at radius 2 is 0.947 bits per heavy atom. The summed E-state index contributed by atoms with van der Waals surface area (Å²) in [5.74, 6) is 0. The summed E-state index contributed by atoms with van der Waals surface area (Å²) in [5.41, 5.74) is 9.08. The van der Waals surface area contributed by atoms with E-state index in [0.717, 1.165) is 22.6 Å². The average molecular weight is 486 g/mol. The van der Waals surface area contributed by atoms with Crippen LogP contribution in [0.5, 0.6) is 0 Å². The van der Waals surface area contributed by atoms with E-state index in [2.05, 4.69) is 137 Å². The molecule has 5 aromatic carbocycles. The summed E-state index contributed by atoms with van der Waals surface area (Å²) in [4.78, 5) is 4.85. The van der Waals surface area contributed by atoms with Crippen LogP contribution >= 0.6 is 0 Å². The molecule has 0 radical (unpaired) electrons. The number of rotatable bonds is 3. The number of aromatic nitrogens is 3. The monoisotopic (exact) mass is 485 g/mol. The van der Waals surface area contributed by atoms with Gasteiger partial charge in [0.05, 0.1) is 39.6 Å². The number of nitrogens with zero attached hydrogens (tertiary/aromatic N) is 3. The standard InChI is InChI=1S/C35H23N3/c1-3-11-24(12-4-1)31-20-19-26(23-36-31)38-33-18-10-8-16-28(33)30-21-29-27-15-7-9-17-32(27)37(34(29)22-35(30)38)25-13-5-2-6-14-25/h1-23H. The molecule has 0 aliphatic carbocycles. The van der Waals surface area contributed by atoms with Gasteiger partial charge < -0.3 is 9.13 Å². The summed E-state index contributed by atoms with van der Waals surface area (Å²) < 4.78 is 4.72. The normalized spacial score (nSPS) is 11.7. The Kier molecular flexibility index (Phi) is 4.52. The maximum Gasteiger partial charge on any atom is 0.0703 e. The van der Waals surface area contributed by atoms with E-state index in [9.17, 15) is 0 Å². The Morgan fingerprint density at radius 1 is 0.395 bits per heavy atom. The Hall–Kier alpha value is -5.15. The SMILES string of the molecule is c1ccc(-c2ccc(-n3c4ccccc4c4cc5c6ccccc6n(-c6ccccc6)c5cc43)cn2)cc1. The molecule has 0 fully saturated rings. The highest BCUT2D eigenvalue weighted by molar-refractivity contribution is 6.19. The minimum absolute atomic E-state index is 0.974. The molecule has 3 nitrogen and oxygen atoms in total. The molecular formula is C35H23N3. The first-order valence-corrected chi connectivity index (χ1v) is 12.9. The van der Waals surface area contributed by atoms with Crippen LogP contribution in [0, 0.1) is 0 Å². The van der Waals surface area contributed by atoms with Crippen LogP contribution in [0.3, 0.4) is 0 Å². The lowest BCUT2D eigenvalue weighted by Crippen LogP contribution is -1.96. The van der Waals surface area contributed by atoms with Crippen LogP contribution in [-0.4, -0.2) is 14.1 Å². The molecule has 0 unspecified atom stereocenters. The fraction of sp³-hybridized carbons (Fsp3) is 0. The second-order valence-corrected chi connectivity index (χ2v) is 9.69. The number of hydrogen-bond donors (Lipinski definition) is 0. The van der Waals surface area contributed by atoms with Crippen LogP contribution in [0.25, 0.3) is 66.2 Å². The fourth-order valence-electron chi connectivity index (χ4n) is 5.86. The molecule has 0 saturated heterocycles. The summed E-state index contributed by atoms with van der Waals surface area (Å²) >= 11 is 0. The average Bonchev–Trinajstić information content (AvgIpc) is 3.49. The second-order valence-electron chi connectivity index (χ2n) is 9.69. The lowest BCUT2D eigenvalue weighted by molar-refractivity contribution is 1.14. The van der Waals surface area contributed by atoms with Crippen LogP contribution in [0.15, 0.2) is 140 Å². The summed E-state index contributed by atoms with van der Waals surface area (Å²) in [6, 6.07) is 47.3. The summed E-state index contributed by atoms with van der Waals surface area (Å²) in [7, 11) is 0. The van der Waals surface area contributed by atoms with Crippen LogP contribution in [0.1, 0.15) is 0 Å². The Morgan fingerprint density at radius 3 is 1.55 bits per heavy atom. The molecule has 0 bridgehead atoms. The van der Waals surface area contributed by atoms with Crippen molar-refractivity contribution < 1.29 is 0 Å². The van der Waals surface area contributed by atoms with E-state index in [4.69, 9.17) is 4.98 Å². The van der Waals surface area contributed by atoms with Crippen LogP contribution in [0.2, 0.25) is 0 Å². The molecule has 178 valence electrons. The number of pyridine rings is 1. The topological polar surface area (TPSA) is 22.8 Å². The van der Waals surface area contributed by atoms with Crippen molar-refractivity contribution in [2.45, 2.75) is 0 Å². The highest BCUT2D eigenvalue weighted by Gasteiger charge is 2.18. The van der Waals surface area contributed by atoms with Crippen molar-refractivity contribution in [3.63, 3.8) is 0 Å². The van der Waals surface area contributed by atoms with Crippen molar-refractivity contribution >= 4 is 43.6 Å².